The van der Waals surface area contributed by atoms with Crippen molar-refractivity contribution in [2.45, 2.75) is 31.7 Å². The first-order valence-electron chi connectivity index (χ1n) is 6.37. The molecule has 3 N–H and O–H groups in total. The maximum atomic E-state index is 11.7. The van der Waals surface area contributed by atoms with Crippen LogP contribution >= 0.6 is 0 Å². The largest absolute Gasteiger partial charge is 0.491 e. The SMILES string of the molecule is Cc1ccccc1OCC1(C(N)=O)CCCCN1. The van der Waals surface area contributed by atoms with Crippen LogP contribution in [0.3, 0.4) is 0 Å². The first-order valence-corrected chi connectivity index (χ1v) is 6.37. The maximum absolute atomic E-state index is 11.7. The first kappa shape index (κ1) is 12.9. The smallest absolute Gasteiger partial charge is 0.241 e. The Morgan fingerprint density at radius 1 is 1.44 bits per heavy atom. The Morgan fingerprint density at radius 3 is 2.83 bits per heavy atom. The Labute approximate surface area is 108 Å². The second-order valence-corrected chi connectivity index (χ2v) is 4.88. The fourth-order valence-corrected chi connectivity index (χ4v) is 2.29. The summed E-state index contributed by atoms with van der Waals surface area (Å²) in [6.07, 6.45) is 2.83. The zero-order chi connectivity index (χ0) is 13.0. The molecule has 1 aromatic rings. The third-order valence-electron chi connectivity index (χ3n) is 3.53. The number of benzene rings is 1. The summed E-state index contributed by atoms with van der Waals surface area (Å²) < 4.78 is 5.78. The summed E-state index contributed by atoms with van der Waals surface area (Å²) in [4.78, 5) is 11.7. The Balaban J connectivity index is 2.06. The molecule has 1 fully saturated rings. The lowest BCUT2D eigenvalue weighted by molar-refractivity contribution is -0.126. The van der Waals surface area contributed by atoms with Crippen LogP contribution in [0.4, 0.5) is 0 Å². The minimum Gasteiger partial charge on any atom is -0.491 e. The lowest BCUT2D eigenvalue weighted by Crippen LogP contribution is -2.61. The van der Waals surface area contributed by atoms with Crippen LogP contribution in [0.2, 0.25) is 0 Å². The van der Waals surface area contributed by atoms with Gasteiger partial charge in [-0.25, -0.2) is 0 Å². The average Bonchev–Trinajstić information content (AvgIpc) is 2.39. The molecule has 0 saturated carbocycles. The predicted octanol–water partition coefficient (Wildman–Crippen LogP) is 1.37. The highest BCUT2D eigenvalue weighted by atomic mass is 16.5. The molecule has 0 aromatic heterocycles. The monoisotopic (exact) mass is 248 g/mol. The molecule has 18 heavy (non-hydrogen) atoms. The summed E-state index contributed by atoms with van der Waals surface area (Å²) in [5.74, 6) is 0.487. The molecule has 1 unspecified atom stereocenters. The lowest BCUT2D eigenvalue weighted by atomic mass is 9.89. The van der Waals surface area contributed by atoms with Gasteiger partial charge in [-0.15, -0.1) is 0 Å². The number of nitrogens with two attached hydrogens (primary N) is 1. The molecule has 4 heteroatoms. The molecule has 98 valence electrons. The van der Waals surface area contributed by atoms with Crippen molar-refractivity contribution in [1.82, 2.24) is 5.32 Å². The van der Waals surface area contributed by atoms with Gasteiger partial charge in [0, 0.05) is 0 Å². The van der Waals surface area contributed by atoms with Crippen molar-refractivity contribution in [1.29, 1.82) is 0 Å². The molecule has 1 heterocycles. The average molecular weight is 248 g/mol. The molecule has 0 bridgehead atoms. The van der Waals surface area contributed by atoms with E-state index < -0.39 is 5.54 Å². The van der Waals surface area contributed by atoms with Gasteiger partial charge in [0.25, 0.3) is 0 Å². The zero-order valence-electron chi connectivity index (χ0n) is 10.7. The minimum absolute atomic E-state index is 0.299. The van der Waals surface area contributed by atoms with E-state index in [-0.39, 0.29) is 5.91 Å². The van der Waals surface area contributed by atoms with Crippen LogP contribution in [0.1, 0.15) is 24.8 Å². The van der Waals surface area contributed by atoms with Crippen LogP contribution in [0.15, 0.2) is 24.3 Å². The molecule has 1 saturated heterocycles. The number of amides is 1. The van der Waals surface area contributed by atoms with Gasteiger partial charge in [0.1, 0.15) is 17.9 Å². The third kappa shape index (κ3) is 2.64. The number of piperidine rings is 1. The van der Waals surface area contributed by atoms with Crippen LogP contribution in [0.25, 0.3) is 0 Å². The number of hydrogen-bond acceptors (Lipinski definition) is 3. The van der Waals surface area contributed by atoms with E-state index in [1.165, 1.54) is 0 Å². The minimum atomic E-state index is -0.708. The molecule has 2 rings (SSSR count). The highest BCUT2D eigenvalue weighted by Crippen LogP contribution is 2.23. The van der Waals surface area contributed by atoms with Crippen molar-refractivity contribution in [2.24, 2.45) is 5.73 Å². The van der Waals surface area contributed by atoms with Gasteiger partial charge in [-0.1, -0.05) is 18.2 Å². The number of aryl methyl sites for hydroxylation is 1. The maximum Gasteiger partial charge on any atom is 0.241 e. The van der Waals surface area contributed by atoms with Crippen molar-refractivity contribution in [2.75, 3.05) is 13.2 Å². The van der Waals surface area contributed by atoms with Gasteiger partial charge >= 0.3 is 0 Å². The second kappa shape index (κ2) is 5.40. The number of rotatable bonds is 4. The highest BCUT2D eigenvalue weighted by molar-refractivity contribution is 5.85. The Kier molecular flexibility index (Phi) is 3.87. The summed E-state index contributed by atoms with van der Waals surface area (Å²) in [5, 5.41) is 3.22. The van der Waals surface area contributed by atoms with Crippen molar-refractivity contribution in [3.05, 3.63) is 29.8 Å². The number of para-hydroxylation sites is 1. The quantitative estimate of drug-likeness (QED) is 0.846. The van der Waals surface area contributed by atoms with Crippen molar-refractivity contribution in [3.63, 3.8) is 0 Å². The van der Waals surface area contributed by atoms with Gasteiger partial charge in [-0.05, 0) is 44.4 Å². The van der Waals surface area contributed by atoms with Crippen LogP contribution in [-0.2, 0) is 4.79 Å². The van der Waals surface area contributed by atoms with E-state index >= 15 is 0 Å². The van der Waals surface area contributed by atoms with E-state index in [0.717, 1.165) is 37.1 Å². The summed E-state index contributed by atoms with van der Waals surface area (Å²) in [6, 6.07) is 7.78. The molecule has 0 spiro atoms. The number of carbonyl (C=O) groups is 1. The number of primary amides is 1. The normalized spacial score (nSPS) is 23.6. The Morgan fingerprint density at radius 2 is 2.22 bits per heavy atom. The van der Waals surface area contributed by atoms with Gasteiger partial charge in [0.15, 0.2) is 0 Å². The molecule has 1 amide bonds. The summed E-state index contributed by atoms with van der Waals surface area (Å²) in [6.45, 7) is 3.10. The van der Waals surface area contributed by atoms with E-state index in [1.807, 2.05) is 31.2 Å². The van der Waals surface area contributed by atoms with E-state index in [2.05, 4.69) is 5.32 Å². The van der Waals surface area contributed by atoms with Crippen LogP contribution < -0.4 is 15.8 Å². The zero-order valence-corrected chi connectivity index (χ0v) is 10.7. The second-order valence-electron chi connectivity index (χ2n) is 4.88. The summed E-state index contributed by atoms with van der Waals surface area (Å²) in [7, 11) is 0. The molecule has 1 aliphatic rings. The van der Waals surface area contributed by atoms with Gasteiger partial charge in [-0.2, -0.15) is 0 Å². The standard InChI is InChI=1S/C14H20N2O2/c1-11-6-2-3-7-12(11)18-10-14(13(15)17)8-4-5-9-16-14/h2-3,6-7,16H,4-5,8-10H2,1H3,(H2,15,17). The summed E-state index contributed by atoms with van der Waals surface area (Å²) >= 11 is 0. The molecular weight excluding hydrogens is 228 g/mol. The number of hydrogen-bond donors (Lipinski definition) is 2. The molecule has 0 aliphatic carbocycles. The van der Waals surface area contributed by atoms with Gasteiger partial charge < -0.3 is 15.8 Å². The fraction of sp³-hybridized carbons (Fsp3) is 0.500. The molecular formula is C14H20N2O2. The van der Waals surface area contributed by atoms with Crippen LogP contribution in [0.5, 0.6) is 5.75 Å². The lowest BCUT2D eigenvalue weighted by Gasteiger charge is -2.35. The van der Waals surface area contributed by atoms with E-state index in [1.54, 1.807) is 0 Å². The van der Waals surface area contributed by atoms with E-state index in [4.69, 9.17) is 10.5 Å². The van der Waals surface area contributed by atoms with Crippen molar-refractivity contribution in [3.8, 4) is 5.75 Å². The molecule has 0 radical (unpaired) electrons. The van der Waals surface area contributed by atoms with E-state index in [9.17, 15) is 4.79 Å². The van der Waals surface area contributed by atoms with Gasteiger partial charge in [0.2, 0.25) is 5.91 Å². The summed E-state index contributed by atoms with van der Waals surface area (Å²) in [5.41, 5.74) is 5.88. The van der Waals surface area contributed by atoms with Crippen molar-refractivity contribution < 1.29 is 9.53 Å². The third-order valence-corrected chi connectivity index (χ3v) is 3.53. The Hall–Kier alpha value is -1.55. The van der Waals surface area contributed by atoms with Gasteiger partial charge in [0.05, 0.1) is 0 Å². The number of ether oxygens (including phenoxy) is 1. The molecule has 1 atom stereocenters. The van der Waals surface area contributed by atoms with Crippen LogP contribution in [0, 0.1) is 6.92 Å². The predicted molar refractivity (Wildman–Crippen MR) is 70.5 cm³/mol. The van der Waals surface area contributed by atoms with Gasteiger partial charge in [-0.3, -0.25) is 4.79 Å². The highest BCUT2D eigenvalue weighted by Gasteiger charge is 2.38. The first-order chi connectivity index (χ1) is 8.64. The van der Waals surface area contributed by atoms with Crippen LogP contribution in [-0.4, -0.2) is 24.6 Å². The van der Waals surface area contributed by atoms with E-state index in [0.29, 0.717) is 6.61 Å². The number of nitrogens with one attached hydrogen (secondary N) is 1. The fourth-order valence-electron chi connectivity index (χ4n) is 2.29. The Bertz CT molecular complexity index is 426. The van der Waals surface area contributed by atoms with Crippen molar-refractivity contribution >= 4 is 5.91 Å². The molecule has 1 aliphatic heterocycles. The molecule has 4 nitrogen and oxygen atoms in total. The topological polar surface area (TPSA) is 64.3 Å². The number of carbonyl (C=O) groups excluding carboxylic acids is 1. The molecule has 1 aromatic carbocycles.